The molecule has 3 rings (SSSR count). The average Bonchev–Trinajstić information content (AvgIpc) is 3.09. The van der Waals surface area contributed by atoms with E-state index in [4.69, 9.17) is 9.47 Å². The predicted molar refractivity (Wildman–Crippen MR) is 129 cm³/mol. The molecule has 3 unspecified atom stereocenters. The maximum absolute atomic E-state index is 5.87. The Morgan fingerprint density at radius 3 is 2.48 bits per heavy atom. The van der Waals surface area contributed by atoms with Crippen molar-refractivity contribution in [2.24, 2.45) is 4.99 Å². The highest BCUT2D eigenvalue weighted by Crippen LogP contribution is 2.23. The number of aliphatic imine (C=N–C) groups is 1. The second kappa shape index (κ2) is 11.5. The predicted octanol–water partition coefficient (Wildman–Crippen LogP) is 3.15. The van der Waals surface area contributed by atoms with Gasteiger partial charge >= 0.3 is 0 Å². The van der Waals surface area contributed by atoms with Gasteiger partial charge in [-0.05, 0) is 44.7 Å². The number of morpholine rings is 1. The van der Waals surface area contributed by atoms with Gasteiger partial charge in [0.2, 0.25) is 0 Å². The molecule has 1 aromatic carbocycles. The fourth-order valence-electron chi connectivity index (χ4n) is 4.19. The third-order valence-electron chi connectivity index (χ3n) is 5.61. The maximum Gasteiger partial charge on any atom is 0.191 e. The van der Waals surface area contributed by atoms with E-state index < -0.39 is 0 Å². The third-order valence-corrected chi connectivity index (χ3v) is 5.61. The molecule has 7 heteroatoms. The first-order valence-electron chi connectivity index (χ1n) is 10.5. The van der Waals surface area contributed by atoms with Gasteiger partial charge < -0.3 is 20.1 Å². The van der Waals surface area contributed by atoms with Gasteiger partial charge in [0.25, 0.3) is 0 Å². The molecule has 2 fully saturated rings. The number of rotatable bonds is 6. The molecule has 0 saturated carbocycles. The number of nitrogens with zero attached hydrogens (tertiary/aromatic N) is 2. The minimum Gasteiger partial charge on any atom is -0.373 e. The van der Waals surface area contributed by atoms with Gasteiger partial charge in [-0.25, -0.2) is 0 Å². The molecule has 2 aliphatic heterocycles. The summed E-state index contributed by atoms with van der Waals surface area (Å²) in [4.78, 5) is 6.86. The van der Waals surface area contributed by atoms with Crippen molar-refractivity contribution < 1.29 is 9.47 Å². The van der Waals surface area contributed by atoms with E-state index in [2.05, 4.69) is 65.6 Å². The number of hydrogen-bond donors (Lipinski definition) is 2. The van der Waals surface area contributed by atoms with Crippen molar-refractivity contribution in [1.29, 1.82) is 0 Å². The second-order valence-corrected chi connectivity index (χ2v) is 8.40. The van der Waals surface area contributed by atoms with Gasteiger partial charge in [0.1, 0.15) is 0 Å². The summed E-state index contributed by atoms with van der Waals surface area (Å²) in [5.74, 6) is 0.820. The van der Waals surface area contributed by atoms with Crippen LogP contribution in [0.4, 0.5) is 0 Å². The van der Waals surface area contributed by atoms with E-state index in [1.165, 1.54) is 11.1 Å². The highest BCUT2D eigenvalue weighted by Gasteiger charge is 2.29. The van der Waals surface area contributed by atoms with Crippen LogP contribution < -0.4 is 10.6 Å². The Bertz CT molecular complexity index is 654. The first-order chi connectivity index (χ1) is 13.5. The minimum atomic E-state index is -0.0841. The number of ether oxygens (including phenoxy) is 2. The van der Waals surface area contributed by atoms with Gasteiger partial charge in [0.05, 0.1) is 17.8 Å². The highest BCUT2D eigenvalue weighted by atomic mass is 127. The molecule has 0 spiro atoms. The van der Waals surface area contributed by atoms with Crippen LogP contribution in [0.3, 0.4) is 0 Å². The van der Waals surface area contributed by atoms with Crippen molar-refractivity contribution in [1.82, 2.24) is 15.5 Å². The lowest BCUT2D eigenvalue weighted by Gasteiger charge is -2.35. The molecule has 0 amide bonds. The number of benzene rings is 1. The number of nitrogens with one attached hydrogen (secondary N) is 2. The van der Waals surface area contributed by atoms with E-state index in [0.29, 0.717) is 0 Å². The summed E-state index contributed by atoms with van der Waals surface area (Å²) in [6.07, 6.45) is 2.81. The Hall–Kier alpha value is -0.900. The molecule has 0 aliphatic carbocycles. The summed E-state index contributed by atoms with van der Waals surface area (Å²) in [6, 6.07) is 8.65. The summed E-state index contributed by atoms with van der Waals surface area (Å²) in [5, 5.41) is 6.88. The van der Waals surface area contributed by atoms with Crippen molar-refractivity contribution in [2.75, 3.05) is 33.3 Å². The molecule has 2 aliphatic rings. The molecular formula is C22H37IN4O2. The number of halogens is 1. The van der Waals surface area contributed by atoms with E-state index in [1.54, 1.807) is 0 Å². The Kier molecular flexibility index (Phi) is 9.65. The summed E-state index contributed by atoms with van der Waals surface area (Å²) < 4.78 is 11.7. The molecular weight excluding hydrogens is 479 g/mol. The van der Waals surface area contributed by atoms with E-state index in [1.807, 2.05) is 7.05 Å². The van der Waals surface area contributed by atoms with Gasteiger partial charge in [0, 0.05) is 46.4 Å². The quantitative estimate of drug-likeness (QED) is 0.346. The summed E-state index contributed by atoms with van der Waals surface area (Å²) in [7, 11) is 1.82. The lowest BCUT2D eigenvalue weighted by Crippen LogP contribution is -2.45. The van der Waals surface area contributed by atoms with Crippen LogP contribution in [0.1, 0.15) is 44.7 Å². The zero-order valence-corrected chi connectivity index (χ0v) is 20.6. The van der Waals surface area contributed by atoms with Crippen LogP contribution in [0.15, 0.2) is 29.3 Å². The Morgan fingerprint density at radius 2 is 1.86 bits per heavy atom. The molecule has 0 bridgehead atoms. The van der Waals surface area contributed by atoms with Crippen LogP contribution >= 0.6 is 24.0 Å². The molecule has 0 aromatic heterocycles. The van der Waals surface area contributed by atoms with Crippen LogP contribution in [-0.4, -0.2) is 62.0 Å². The fourth-order valence-corrected chi connectivity index (χ4v) is 4.19. The minimum absolute atomic E-state index is 0. The van der Waals surface area contributed by atoms with Crippen LogP contribution in [-0.2, 0) is 22.6 Å². The topological polar surface area (TPSA) is 58.1 Å². The van der Waals surface area contributed by atoms with Crippen LogP contribution in [0.25, 0.3) is 0 Å². The molecule has 0 radical (unpaired) electrons. The number of guanidine groups is 1. The van der Waals surface area contributed by atoms with Gasteiger partial charge in [-0.1, -0.05) is 24.3 Å². The Labute approximate surface area is 192 Å². The molecule has 1 aromatic rings. The van der Waals surface area contributed by atoms with Gasteiger partial charge in [-0.3, -0.25) is 9.89 Å². The van der Waals surface area contributed by atoms with Crippen LogP contribution in [0.2, 0.25) is 0 Å². The van der Waals surface area contributed by atoms with Crippen molar-refractivity contribution in [3.63, 3.8) is 0 Å². The van der Waals surface area contributed by atoms with Gasteiger partial charge in [0.15, 0.2) is 5.96 Å². The summed E-state index contributed by atoms with van der Waals surface area (Å²) in [6.45, 7) is 11.8. The molecule has 2 heterocycles. The van der Waals surface area contributed by atoms with Gasteiger partial charge in [-0.15, -0.1) is 24.0 Å². The summed E-state index contributed by atoms with van der Waals surface area (Å²) >= 11 is 0. The molecule has 2 saturated heterocycles. The molecule has 164 valence electrons. The largest absolute Gasteiger partial charge is 0.373 e. The van der Waals surface area contributed by atoms with Crippen molar-refractivity contribution in [3.8, 4) is 0 Å². The normalized spacial score (nSPS) is 28.1. The van der Waals surface area contributed by atoms with Crippen molar-refractivity contribution in [3.05, 3.63) is 35.4 Å². The Balaban J connectivity index is 0.00000300. The third kappa shape index (κ3) is 7.38. The van der Waals surface area contributed by atoms with Crippen molar-refractivity contribution >= 4 is 29.9 Å². The maximum atomic E-state index is 5.87. The SMILES string of the molecule is CN=C(NCc1ccccc1CN1CC(C)OC(C)C1)NCC1(C)CCCO1.I. The first-order valence-corrected chi connectivity index (χ1v) is 10.5. The van der Waals surface area contributed by atoms with E-state index in [9.17, 15) is 0 Å². The van der Waals surface area contributed by atoms with E-state index >= 15 is 0 Å². The van der Waals surface area contributed by atoms with Gasteiger partial charge in [-0.2, -0.15) is 0 Å². The average molecular weight is 516 g/mol. The monoisotopic (exact) mass is 516 g/mol. The van der Waals surface area contributed by atoms with Crippen molar-refractivity contribution in [2.45, 2.75) is 64.5 Å². The lowest BCUT2D eigenvalue weighted by atomic mass is 10.0. The Morgan fingerprint density at radius 1 is 1.17 bits per heavy atom. The van der Waals surface area contributed by atoms with E-state index in [-0.39, 0.29) is 41.8 Å². The molecule has 3 atom stereocenters. The first kappa shape index (κ1) is 24.4. The van der Waals surface area contributed by atoms with Crippen LogP contribution in [0, 0.1) is 0 Å². The van der Waals surface area contributed by atoms with E-state index in [0.717, 1.165) is 58.1 Å². The smallest absolute Gasteiger partial charge is 0.191 e. The second-order valence-electron chi connectivity index (χ2n) is 8.40. The zero-order valence-electron chi connectivity index (χ0n) is 18.2. The lowest BCUT2D eigenvalue weighted by molar-refractivity contribution is -0.0705. The zero-order chi connectivity index (χ0) is 20.0. The number of hydrogen-bond acceptors (Lipinski definition) is 4. The standard InChI is InChI=1S/C22H36N4O2.HI/c1-17-13-26(14-18(2)28-17)15-20-9-6-5-8-19(20)12-24-21(23-4)25-16-22(3)10-7-11-27-22;/h5-6,8-9,17-18H,7,10-16H2,1-4H3,(H2,23,24,25);1H. The molecule has 29 heavy (non-hydrogen) atoms. The highest BCUT2D eigenvalue weighted by molar-refractivity contribution is 14.0. The van der Waals surface area contributed by atoms with Crippen LogP contribution in [0.5, 0.6) is 0 Å². The molecule has 6 nitrogen and oxygen atoms in total. The molecule has 2 N–H and O–H groups in total. The fraction of sp³-hybridized carbons (Fsp3) is 0.682. The summed E-state index contributed by atoms with van der Waals surface area (Å²) in [5.41, 5.74) is 2.58.